The molecule has 0 aliphatic rings. The van der Waals surface area contributed by atoms with Gasteiger partial charge in [0, 0.05) is 14.9 Å². The second-order valence-electron chi connectivity index (χ2n) is 7.04. The van der Waals surface area contributed by atoms with Crippen LogP contribution in [0.5, 0.6) is 5.75 Å². The number of amides is 1. The zero-order valence-corrected chi connectivity index (χ0v) is 19.6. The van der Waals surface area contributed by atoms with E-state index in [9.17, 15) is 9.59 Å². The number of carbonyl (C=O) groups excluding carboxylic acids is 1. The van der Waals surface area contributed by atoms with Gasteiger partial charge in [-0.25, -0.2) is 4.98 Å². The minimum Gasteiger partial charge on any atom is -0.495 e. The topological polar surface area (TPSA) is 73.2 Å². The Bertz CT molecular complexity index is 1330. The van der Waals surface area contributed by atoms with Crippen LogP contribution in [0.2, 0.25) is 0 Å². The van der Waals surface area contributed by atoms with Gasteiger partial charge >= 0.3 is 0 Å². The molecule has 0 fully saturated rings. The SMILES string of the molecule is COc1ccccc1NC(=O)C(C)n1cnc2sc(C)c(-c3ccc(Br)cc3)c2c1=O. The van der Waals surface area contributed by atoms with Crippen molar-refractivity contribution in [2.45, 2.75) is 19.9 Å². The molecule has 6 nitrogen and oxygen atoms in total. The number of halogens is 1. The third-order valence-electron chi connectivity index (χ3n) is 5.11. The Morgan fingerprint density at radius 3 is 2.61 bits per heavy atom. The first-order chi connectivity index (χ1) is 14.9. The van der Waals surface area contributed by atoms with Crippen molar-refractivity contribution >= 4 is 49.1 Å². The molecule has 0 radical (unpaired) electrons. The monoisotopic (exact) mass is 497 g/mol. The van der Waals surface area contributed by atoms with Crippen LogP contribution in [0, 0.1) is 6.92 Å². The van der Waals surface area contributed by atoms with Crippen LogP contribution in [0.4, 0.5) is 5.69 Å². The Morgan fingerprint density at radius 1 is 1.19 bits per heavy atom. The van der Waals surface area contributed by atoms with Crippen LogP contribution in [0.15, 0.2) is 64.1 Å². The van der Waals surface area contributed by atoms with E-state index in [4.69, 9.17) is 4.74 Å². The number of hydrogen-bond acceptors (Lipinski definition) is 5. The molecular weight excluding hydrogens is 478 g/mol. The van der Waals surface area contributed by atoms with Crippen LogP contribution < -0.4 is 15.6 Å². The average molecular weight is 498 g/mol. The van der Waals surface area contributed by atoms with Crippen molar-refractivity contribution in [3.05, 3.63) is 74.6 Å². The largest absolute Gasteiger partial charge is 0.495 e. The van der Waals surface area contributed by atoms with Gasteiger partial charge in [0.15, 0.2) is 0 Å². The highest BCUT2D eigenvalue weighted by atomic mass is 79.9. The van der Waals surface area contributed by atoms with Gasteiger partial charge in [-0.1, -0.05) is 40.2 Å². The predicted molar refractivity (Wildman–Crippen MR) is 128 cm³/mol. The van der Waals surface area contributed by atoms with E-state index < -0.39 is 6.04 Å². The Kier molecular flexibility index (Phi) is 5.93. The summed E-state index contributed by atoms with van der Waals surface area (Å²) in [4.78, 5) is 32.5. The van der Waals surface area contributed by atoms with E-state index in [0.29, 0.717) is 21.7 Å². The number of benzene rings is 2. The standard InChI is InChI=1S/C23H20BrN3O3S/c1-13(21(28)26-17-6-4-5-7-18(17)30-3)27-12-25-22-20(23(27)29)19(14(2)31-22)15-8-10-16(24)11-9-15/h4-13H,1-3H3,(H,26,28). The molecule has 2 aromatic heterocycles. The lowest BCUT2D eigenvalue weighted by atomic mass is 10.0. The smallest absolute Gasteiger partial charge is 0.263 e. The highest BCUT2D eigenvalue weighted by Gasteiger charge is 2.22. The van der Waals surface area contributed by atoms with E-state index in [2.05, 4.69) is 26.2 Å². The summed E-state index contributed by atoms with van der Waals surface area (Å²) in [5.41, 5.74) is 2.10. The van der Waals surface area contributed by atoms with E-state index in [0.717, 1.165) is 20.5 Å². The molecule has 1 N–H and O–H groups in total. The molecule has 4 aromatic rings. The molecule has 2 aromatic carbocycles. The number of hydrogen-bond donors (Lipinski definition) is 1. The first-order valence-corrected chi connectivity index (χ1v) is 11.2. The first kappa shape index (κ1) is 21.3. The number of carbonyl (C=O) groups is 1. The van der Waals surface area contributed by atoms with Crippen LogP contribution in [0.3, 0.4) is 0 Å². The summed E-state index contributed by atoms with van der Waals surface area (Å²) in [6.07, 6.45) is 1.44. The van der Waals surface area contributed by atoms with Gasteiger partial charge in [-0.3, -0.25) is 14.2 Å². The number of rotatable bonds is 5. The van der Waals surface area contributed by atoms with Gasteiger partial charge < -0.3 is 10.1 Å². The van der Waals surface area contributed by atoms with Gasteiger partial charge in [0.2, 0.25) is 5.91 Å². The van der Waals surface area contributed by atoms with Crippen molar-refractivity contribution in [2.24, 2.45) is 0 Å². The summed E-state index contributed by atoms with van der Waals surface area (Å²) in [6, 6.07) is 14.2. The van der Waals surface area contributed by atoms with Gasteiger partial charge in [0.25, 0.3) is 5.56 Å². The molecule has 8 heteroatoms. The number of thiophene rings is 1. The number of para-hydroxylation sites is 2. The predicted octanol–water partition coefficient (Wildman–Crippen LogP) is 5.40. The Morgan fingerprint density at radius 2 is 1.90 bits per heavy atom. The number of anilines is 1. The van der Waals surface area contributed by atoms with Crippen molar-refractivity contribution in [1.82, 2.24) is 9.55 Å². The maximum Gasteiger partial charge on any atom is 0.263 e. The van der Waals surface area contributed by atoms with Crippen LogP contribution in [-0.4, -0.2) is 22.6 Å². The summed E-state index contributed by atoms with van der Waals surface area (Å²) in [7, 11) is 1.54. The second kappa shape index (κ2) is 8.64. The fraction of sp³-hybridized carbons (Fsp3) is 0.174. The van der Waals surface area contributed by atoms with Crippen molar-refractivity contribution < 1.29 is 9.53 Å². The zero-order chi connectivity index (χ0) is 22.1. The minimum atomic E-state index is -0.757. The van der Waals surface area contributed by atoms with E-state index >= 15 is 0 Å². The number of fused-ring (bicyclic) bond motifs is 1. The maximum absolute atomic E-state index is 13.4. The lowest BCUT2D eigenvalue weighted by molar-refractivity contribution is -0.118. The lowest BCUT2D eigenvalue weighted by Gasteiger charge is -2.16. The molecule has 158 valence electrons. The normalized spacial score (nSPS) is 12.0. The van der Waals surface area contributed by atoms with Crippen molar-refractivity contribution in [2.75, 3.05) is 12.4 Å². The summed E-state index contributed by atoms with van der Waals surface area (Å²) in [5, 5.41) is 3.37. The molecule has 1 unspecified atom stereocenters. The highest BCUT2D eigenvalue weighted by Crippen LogP contribution is 2.36. The number of aryl methyl sites for hydroxylation is 1. The molecule has 0 bridgehead atoms. The van der Waals surface area contributed by atoms with E-state index in [1.165, 1.54) is 22.2 Å². The van der Waals surface area contributed by atoms with Gasteiger partial charge in [-0.2, -0.15) is 0 Å². The van der Waals surface area contributed by atoms with Crippen LogP contribution in [0.25, 0.3) is 21.3 Å². The number of aromatic nitrogens is 2. The molecule has 1 atom stereocenters. The molecule has 0 saturated heterocycles. The lowest BCUT2D eigenvalue weighted by Crippen LogP contribution is -2.31. The molecule has 4 rings (SSSR count). The van der Waals surface area contributed by atoms with Crippen LogP contribution in [0.1, 0.15) is 17.8 Å². The summed E-state index contributed by atoms with van der Waals surface area (Å²) >= 11 is 4.92. The molecule has 0 saturated carbocycles. The Labute approximate surface area is 191 Å². The fourth-order valence-corrected chi connectivity index (χ4v) is 4.73. The first-order valence-electron chi connectivity index (χ1n) is 9.60. The third kappa shape index (κ3) is 4.00. The van der Waals surface area contributed by atoms with E-state index in [-0.39, 0.29) is 11.5 Å². The summed E-state index contributed by atoms with van der Waals surface area (Å²) in [6.45, 7) is 3.66. The Hall–Kier alpha value is -2.97. The molecule has 0 aliphatic heterocycles. The average Bonchev–Trinajstić information content (AvgIpc) is 3.11. The highest BCUT2D eigenvalue weighted by molar-refractivity contribution is 9.10. The van der Waals surface area contributed by atoms with Crippen LogP contribution in [-0.2, 0) is 4.79 Å². The molecule has 31 heavy (non-hydrogen) atoms. The quantitative estimate of drug-likeness (QED) is 0.400. The summed E-state index contributed by atoms with van der Waals surface area (Å²) in [5.74, 6) is 0.222. The molecule has 0 spiro atoms. The number of methoxy groups -OCH3 is 1. The zero-order valence-electron chi connectivity index (χ0n) is 17.2. The van der Waals surface area contributed by atoms with Gasteiger partial charge in [-0.15, -0.1) is 11.3 Å². The van der Waals surface area contributed by atoms with E-state index in [1.807, 2.05) is 37.3 Å². The number of ether oxygens (including phenoxy) is 1. The molecular formula is C23H20BrN3O3S. The Balaban J connectivity index is 1.75. The minimum absolute atomic E-state index is 0.241. The van der Waals surface area contributed by atoms with Gasteiger partial charge in [-0.05, 0) is 43.7 Å². The van der Waals surface area contributed by atoms with Crippen LogP contribution >= 0.6 is 27.3 Å². The van der Waals surface area contributed by atoms with Crippen molar-refractivity contribution in [3.63, 3.8) is 0 Å². The second-order valence-corrected chi connectivity index (χ2v) is 9.16. The maximum atomic E-state index is 13.4. The van der Waals surface area contributed by atoms with Gasteiger partial charge in [0.1, 0.15) is 16.6 Å². The molecule has 1 amide bonds. The summed E-state index contributed by atoms with van der Waals surface area (Å²) < 4.78 is 7.63. The fourth-order valence-electron chi connectivity index (χ4n) is 3.47. The molecule has 2 heterocycles. The third-order valence-corrected chi connectivity index (χ3v) is 6.65. The molecule has 0 aliphatic carbocycles. The van der Waals surface area contributed by atoms with Crippen molar-refractivity contribution in [1.29, 1.82) is 0 Å². The van der Waals surface area contributed by atoms with Crippen molar-refractivity contribution in [3.8, 4) is 16.9 Å². The number of nitrogens with one attached hydrogen (secondary N) is 1. The van der Waals surface area contributed by atoms with E-state index in [1.54, 1.807) is 32.2 Å². The van der Waals surface area contributed by atoms with Gasteiger partial charge in [0.05, 0.1) is 24.5 Å². The number of nitrogens with zero attached hydrogens (tertiary/aromatic N) is 2.